The largest absolute Gasteiger partial charge is 0.416 e. The molecule has 1 aromatic carbocycles. The van der Waals surface area contributed by atoms with E-state index in [2.05, 4.69) is 39.4 Å². The Kier molecular flexibility index (Phi) is 10.5. The summed E-state index contributed by atoms with van der Waals surface area (Å²) in [6.07, 6.45) is -4.31. The van der Waals surface area contributed by atoms with Crippen LogP contribution in [0.3, 0.4) is 0 Å². The highest BCUT2D eigenvalue weighted by Gasteiger charge is 2.29. The van der Waals surface area contributed by atoms with Crippen molar-refractivity contribution in [1.82, 2.24) is 20.4 Å². The lowest BCUT2D eigenvalue weighted by Crippen LogP contribution is -2.52. The zero-order chi connectivity index (χ0) is 19.9. The SMILES string of the molecule is CCNC(=NCc1ccc(C(F)(F)F)cc1)NCC(C)N1CCN(C)CC1.I. The van der Waals surface area contributed by atoms with Gasteiger partial charge in [0.25, 0.3) is 0 Å². The van der Waals surface area contributed by atoms with E-state index in [0.29, 0.717) is 18.5 Å². The highest BCUT2D eigenvalue weighted by molar-refractivity contribution is 14.0. The van der Waals surface area contributed by atoms with E-state index in [1.807, 2.05) is 6.92 Å². The van der Waals surface area contributed by atoms with Gasteiger partial charge in [0.05, 0.1) is 12.1 Å². The number of aliphatic imine (C=N–C) groups is 1. The molecule has 1 atom stereocenters. The normalized spacial score (nSPS) is 17.7. The minimum Gasteiger partial charge on any atom is -0.357 e. The molecule has 0 aromatic heterocycles. The second kappa shape index (κ2) is 11.8. The van der Waals surface area contributed by atoms with Gasteiger partial charge in [-0.05, 0) is 38.6 Å². The Morgan fingerprint density at radius 3 is 2.25 bits per heavy atom. The smallest absolute Gasteiger partial charge is 0.357 e. The van der Waals surface area contributed by atoms with Crippen molar-refractivity contribution in [3.05, 3.63) is 35.4 Å². The van der Waals surface area contributed by atoms with Crippen molar-refractivity contribution < 1.29 is 13.2 Å². The summed E-state index contributed by atoms with van der Waals surface area (Å²) in [6.45, 7) is 10.3. The fourth-order valence-electron chi connectivity index (χ4n) is 2.95. The number of nitrogens with zero attached hydrogens (tertiary/aromatic N) is 3. The van der Waals surface area contributed by atoms with E-state index < -0.39 is 11.7 Å². The number of likely N-dealkylation sites (N-methyl/N-ethyl adjacent to an activating group) is 1. The lowest BCUT2D eigenvalue weighted by Gasteiger charge is -2.36. The van der Waals surface area contributed by atoms with Crippen LogP contribution < -0.4 is 10.6 Å². The van der Waals surface area contributed by atoms with Crippen molar-refractivity contribution in [3.8, 4) is 0 Å². The van der Waals surface area contributed by atoms with Crippen LogP contribution in [0.1, 0.15) is 25.0 Å². The van der Waals surface area contributed by atoms with Gasteiger partial charge in [-0.25, -0.2) is 4.99 Å². The van der Waals surface area contributed by atoms with Crippen LogP contribution in [-0.2, 0) is 12.7 Å². The van der Waals surface area contributed by atoms with Crippen LogP contribution in [0.2, 0.25) is 0 Å². The van der Waals surface area contributed by atoms with Gasteiger partial charge in [-0.3, -0.25) is 4.90 Å². The standard InChI is InChI=1S/C19H30F3N5.HI/c1-4-23-18(24-13-15(2)27-11-9-26(3)10-12-27)25-14-16-5-7-17(8-6-16)19(20,21)22;/h5-8,15H,4,9-14H2,1-3H3,(H2,23,24,25);1H. The number of benzene rings is 1. The lowest BCUT2D eigenvalue weighted by molar-refractivity contribution is -0.137. The number of piperazine rings is 1. The number of hydrogen-bond acceptors (Lipinski definition) is 3. The predicted molar refractivity (Wildman–Crippen MR) is 118 cm³/mol. The van der Waals surface area contributed by atoms with Crippen LogP contribution in [0.4, 0.5) is 13.2 Å². The van der Waals surface area contributed by atoms with Crippen molar-refractivity contribution in [2.75, 3.05) is 46.3 Å². The van der Waals surface area contributed by atoms with E-state index in [1.165, 1.54) is 12.1 Å². The van der Waals surface area contributed by atoms with Crippen LogP contribution in [0.25, 0.3) is 0 Å². The van der Waals surface area contributed by atoms with Gasteiger partial charge in [-0.1, -0.05) is 12.1 Å². The summed E-state index contributed by atoms with van der Waals surface area (Å²) in [5.74, 6) is 0.679. The quantitative estimate of drug-likeness (QED) is 0.349. The third-order valence-corrected chi connectivity index (χ3v) is 4.77. The summed E-state index contributed by atoms with van der Waals surface area (Å²) < 4.78 is 37.9. The molecule has 28 heavy (non-hydrogen) atoms. The molecule has 0 radical (unpaired) electrons. The van der Waals surface area contributed by atoms with Crippen molar-refractivity contribution in [2.24, 2.45) is 4.99 Å². The van der Waals surface area contributed by atoms with Gasteiger partial charge < -0.3 is 15.5 Å². The topological polar surface area (TPSA) is 42.9 Å². The first-order valence-corrected chi connectivity index (χ1v) is 9.40. The molecule has 0 bridgehead atoms. The van der Waals surface area contributed by atoms with Gasteiger partial charge in [-0.15, -0.1) is 24.0 Å². The molecule has 1 fully saturated rings. The first kappa shape index (κ1) is 25.0. The average molecular weight is 513 g/mol. The van der Waals surface area contributed by atoms with Crippen LogP contribution >= 0.6 is 24.0 Å². The van der Waals surface area contributed by atoms with Crippen LogP contribution in [0, 0.1) is 0 Å². The highest BCUT2D eigenvalue weighted by atomic mass is 127. The van der Waals surface area contributed by atoms with E-state index in [0.717, 1.165) is 57.0 Å². The number of nitrogens with one attached hydrogen (secondary N) is 2. The molecule has 2 rings (SSSR count). The average Bonchev–Trinajstić information content (AvgIpc) is 2.64. The summed E-state index contributed by atoms with van der Waals surface area (Å²) in [5, 5.41) is 6.52. The van der Waals surface area contributed by atoms with Crippen molar-refractivity contribution in [2.45, 2.75) is 32.6 Å². The third-order valence-electron chi connectivity index (χ3n) is 4.77. The predicted octanol–water partition coefficient (Wildman–Crippen LogP) is 3.01. The molecule has 5 nitrogen and oxygen atoms in total. The second-order valence-corrected chi connectivity index (χ2v) is 6.96. The molecule has 1 aliphatic rings. The minimum absolute atomic E-state index is 0. The summed E-state index contributed by atoms with van der Waals surface area (Å²) in [5.41, 5.74) is 0.105. The zero-order valence-electron chi connectivity index (χ0n) is 16.7. The van der Waals surface area contributed by atoms with Gasteiger partial charge in [0.2, 0.25) is 0 Å². The Labute approximate surface area is 182 Å². The molecule has 1 aliphatic heterocycles. The number of halogens is 4. The van der Waals surface area contributed by atoms with Crippen molar-refractivity contribution in [3.63, 3.8) is 0 Å². The Balaban J connectivity index is 0.00000392. The van der Waals surface area contributed by atoms with E-state index in [9.17, 15) is 13.2 Å². The number of hydrogen-bond donors (Lipinski definition) is 2. The Bertz CT molecular complexity index is 599. The van der Waals surface area contributed by atoms with Gasteiger partial charge >= 0.3 is 6.18 Å². The van der Waals surface area contributed by atoms with Crippen molar-refractivity contribution >= 4 is 29.9 Å². The molecule has 1 saturated heterocycles. The summed E-state index contributed by atoms with van der Waals surface area (Å²) in [7, 11) is 2.14. The Hall–Kier alpha value is -1.07. The van der Waals surface area contributed by atoms with Gasteiger partial charge in [0, 0.05) is 45.3 Å². The van der Waals surface area contributed by atoms with Crippen LogP contribution in [0.15, 0.2) is 29.3 Å². The van der Waals surface area contributed by atoms with Gasteiger partial charge in [0.15, 0.2) is 5.96 Å². The molecule has 9 heteroatoms. The molecular formula is C19H31F3IN5. The van der Waals surface area contributed by atoms with E-state index in [-0.39, 0.29) is 24.0 Å². The minimum atomic E-state index is -4.31. The van der Waals surface area contributed by atoms with E-state index in [1.54, 1.807) is 0 Å². The fourth-order valence-corrected chi connectivity index (χ4v) is 2.95. The maximum Gasteiger partial charge on any atom is 0.416 e. The zero-order valence-corrected chi connectivity index (χ0v) is 19.1. The molecule has 1 heterocycles. The Morgan fingerprint density at radius 2 is 1.71 bits per heavy atom. The first-order valence-electron chi connectivity index (χ1n) is 9.40. The second-order valence-electron chi connectivity index (χ2n) is 6.96. The van der Waals surface area contributed by atoms with Crippen LogP contribution in [-0.4, -0.2) is 68.1 Å². The van der Waals surface area contributed by atoms with Crippen molar-refractivity contribution in [1.29, 1.82) is 0 Å². The van der Waals surface area contributed by atoms with Gasteiger partial charge in [-0.2, -0.15) is 13.2 Å². The maximum atomic E-state index is 12.6. The molecule has 160 valence electrons. The number of rotatable bonds is 6. The molecule has 1 aromatic rings. The monoisotopic (exact) mass is 513 g/mol. The summed E-state index contributed by atoms with van der Waals surface area (Å²) >= 11 is 0. The lowest BCUT2D eigenvalue weighted by atomic mass is 10.1. The van der Waals surface area contributed by atoms with Crippen LogP contribution in [0.5, 0.6) is 0 Å². The number of guanidine groups is 1. The molecular weight excluding hydrogens is 482 g/mol. The molecule has 0 aliphatic carbocycles. The molecule has 1 unspecified atom stereocenters. The van der Waals surface area contributed by atoms with E-state index >= 15 is 0 Å². The number of alkyl halides is 3. The molecule has 0 saturated carbocycles. The molecule has 0 amide bonds. The molecule has 2 N–H and O–H groups in total. The summed E-state index contributed by atoms with van der Waals surface area (Å²) in [6, 6.07) is 5.53. The Morgan fingerprint density at radius 1 is 1.11 bits per heavy atom. The molecule has 0 spiro atoms. The maximum absolute atomic E-state index is 12.6. The van der Waals surface area contributed by atoms with Gasteiger partial charge in [0.1, 0.15) is 0 Å². The fraction of sp³-hybridized carbons (Fsp3) is 0.632. The summed E-state index contributed by atoms with van der Waals surface area (Å²) in [4.78, 5) is 9.27. The first-order chi connectivity index (χ1) is 12.8. The van der Waals surface area contributed by atoms with E-state index in [4.69, 9.17) is 0 Å². The third kappa shape index (κ3) is 8.12. The highest BCUT2D eigenvalue weighted by Crippen LogP contribution is 2.29.